The number of nitrogens with one attached hydrogen (secondary N) is 2. The lowest BCUT2D eigenvalue weighted by Gasteiger charge is -2.17. The predicted molar refractivity (Wildman–Crippen MR) is 131 cm³/mol. The van der Waals surface area contributed by atoms with Gasteiger partial charge in [0, 0.05) is 34.2 Å². The molecule has 2 heterocycles. The monoisotopic (exact) mass is 493 g/mol. The van der Waals surface area contributed by atoms with Crippen molar-refractivity contribution < 1.29 is 9.59 Å². The molecule has 0 aliphatic heterocycles. The molecule has 4 rings (SSSR count). The molecule has 0 aliphatic carbocycles. The zero-order valence-electron chi connectivity index (χ0n) is 18.1. The lowest BCUT2D eigenvalue weighted by Crippen LogP contribution is -2.44. The first-order chi connectivity index (χ1) is 16.5. The lowest BCUT2D eigenvalue weighted by molar-refractivity contribution is -0.123. The third-order valence-electron chi connectivity index (χ3n) is 4.77. The van der Waals surface area contributed by atoms with Crippen LogP contribution in [0.5, 0.6) is 0 Å². The Morgan fingerprint density at radius 3 is 2.74 bits per heavy atom. The van der Waals surface area contributed by atoms with Gasteiger partial charge in [0.1, 0.15) is 12.4 Å². The van der Waals surface area contributed by atoms with Gasteiger partial charge in [0.15, 0.2) is 5.13 Å². The summed E-state index contributed by atoms with van der Waals surface area (Å²) in [5.41, 5.74) is 2.20. The maximum atomic E-state index is 13.0. The fourth-order valence-electron chi connectivity index (χ4n) is 3.19. The number of thiazole rings is 1. The van der Waals surface area contributed by atoms with E-state index in [-0.39, 0.29) is 5.91 Å². The second-order valence-electron chi connectivity index (χ2n) is 7.31. The van der Waals surface area contributed by atoms with E-state index >= 15 is 0 Å². The van der Waals surface area contributed by atoms with Gasteiger partial charge in [-0.05, 0) is 47.2 Å². The number of amides is 2. The van der Waals surface area contributed by atoms with Crippen LogP contribution in [0.1, 0.15) is 16.0 Å². The van der Waals surface area contributed by atoms with Crippen molar-refractivity contribution in [3.8, 4) is 5.69 Å². The fraction of sp³-hybridized carbons (Fsp3) is 0.130. The molecule has 1 atom stereocenters. The van der Waals surface area contributed by atoms with Gasteiger partial charge in [0.05, 0.1) is 5.69 Å². The minimum absolute atomic E-state index is 0.323. The number of hydrogen-bond acceptors (Lipinski definition) is 7. The molecule has 34 heavy (non-hydrogen) atoms. The Kier molecular flexibility index (Phi) is 7.41. The molecule has 0 spiro atoms. The molecule has 2 aromatic carbocycles. The molecule has 0 unspecified atom stereocenters. The van der Waals surface area contributed by atoms with Crippen LogP contribution in [0, 0.1) is 6.92 Å². The largest absolute Gasteiger partial charge is 0.340 e. The summed E-state index contributed by atoms with van der Waals surface area (Å²) in [5.74, 6) is -0.786. The smallest absolute Gasteiger partial charge is 0.249 e. The molecule has 0 bridgehead atoms. The maximum Gasteiger partial charge on any atom is 0.249 e. The molecular weight excluding hydrogens is 474 g/mol. The highest BCUT2D eigenvalue weighted by Crippen LogP contribution is 2.20. The average Bonchev–Trinajstić information content (AvgIpc) is 3.50. The van der Waals surface area contributed by atoms with Crippen LogP contribution in [0.3, 0.4) is 0 Å². The van der Waals surface area contributed by atoms with E-state index < -0.39 is 11.9 Å². The van der Waals surface area contributed by atoms with E-state index in [4.69, 9.17) is 11.6 Å². The summed E-state index contributed by atoms with van der Waals surface area (Å²) in [5, 5.41) is 17.7. The Morgan fingerprint density at radius 1 is 1.21 bits per heavy atom. The molecule has 9 nitrogen and oxygen atoms in total. The van der Waals surface area contributed by atoms with Crippen molar-refractivity contribution in [1.29, 1.82) is 0 Å². The summed E-state index contributed by atoms with van der Waals surface area (Å²) >= 11 is 7.50. The van der Waals surface area contributed by atoms with Crippen LogP contribution in [0.4, 0.5) is 5.13 Å². The number of aryl methyl sites for hydroxylation is 1. The molecule has 0 saturated carbocycles. The third-order valence-corrected chi connectivity index (χ3v) is 5.83. The highest BCUT2D eigenvalue weighted by atomic mass is 35.5. The number of aromatic nitrogens is 5. The second kappa shape index (κ2) is 10.8. The topological polar surface area (TPSA) is 115 Å². The minimum Gasteiger partial charge on any atom is -0.340 e. The van der Waals surface area contributed by atoms with Crippen LogP contribution in [-0.4, -0.2) is 43.0 Å². The van der Waals surface area contributed by atoms with Crippen molar-refractivity contribution >= 4 is 46.0 Å². The van der Waals surface area contributed by atoms with Gasteiger partial charge in [0.25, 0.3) is 0 Å². The molecule has 2 amide bonds. The van der Waals surface area contributed by atoms with Gasteiger partial charge in [-0.25, -0.2) is 4.98 Å². The quantitative estimate of drug-likeness (QED) is 0.363. The number of hydrogen-bond donors (Lipinski definition) is 2. The summed E-state index contributed by atoms with van der Waals surface area (Å²) in [4.78, 5) is 30.9. The van der Waals surface area contributed by atoms with Crippen LogP contribution < -0.4 is 10.6 Å². The molecule has 172 valence electrons. The zero-order valence-corrected chi connectivity index (χ0v) is 19.6. The van der Waals surface area contributed by atoms with E-state index in [2.05, 4.69) is 31.1 Å². The molecule has 0 fully saturated rings. The van der Waals surface area contributed by atoms with Gasteiger partial charge in [-0.2, -0.15) is 4.68 Å². The van der Waals surface area contributed by atoms with Crippen LogP contribution >= 0.6 is 22.9 Å². The highest BCUT2D eigenvalue weighted by molar-refractivity contribution is 7.15. The van der Waals surface area contributed by atoms with Crippen molar-refractivity contribution in [2.24, 2.45) is 0 Å². The number of tetrazole rings is 1. The van der Waals surface area contributed by atoms with Gasteiger partial charge in [-0.15, -0.1) is 16.4 Å². The summed E-state index contributed by atoms with van der Waals surface area (Å²) in [6.45, 7) is 1.90. The molecule has 0 radical (unpaired) electrons. The number of rotatable bonds is 8. The standard InChI is InChI=1S/C23H20ClN7O2S/c1-15-13-25-23(34-15)28-22(33)19(11-16-5-3-2-4-6-16)27-21(32)10-7-17-12-18(24)8-9-20(17)31-14-26-29-30-31/h2-10,12-14,19H,11H2,1H3,(H,27,32)(H,25,28,33)/b10-7+/t19-/m0/s1. The number of halogens is 1. The van der Waals surface area contributed by atoms with E-state index in [0.29, 0.717) is 27.8 Å². The van der Waals surface area contributed by atoms with Crippen molar-refractivity contribution in [2.45, 2.75) is 19.4 Å². The first-order valence-electron chi connectivity index (χ1n) is 10.3. The first kappa shape index (κ1) is 23.3. The second-order valence-corrected chi connectivity index (χ2v) is 8.98. The van der Waals surface area contributed by atoms with Crippen LogP contribution in [0.2, 0.25) is 5.02 Å². The van der Waals surface area contributed by atoms with E-state index in [1.165, 1.54) is 28.4 Å². The SMILES string of the molecule is Cc1cnc(NC(=O)[C@H](Cc2ccccc2)NC(=O)/C=C/c2cc(Cl)ccc2-n2cnnn2)s1. The van der Waals surface area contributed by atoms with E-state index in [1.807, 2.05) is 37.3 Å². The molecule has 2 N–H and O–H groups in total. The maximum absolute atomic E-state index is 13.0. The normalized spacial score (nSPS) is 11.9. The molecule has 4 aromatic rings. The summed E-state index contributed by atoms with van der Waals surface area (Å²) in [7, 11) is 0. The van der Waals surface area contributed by atoms with Gasteiger partial charge in [0.2, 0.25) is 11.8 Å². The van der Waals surface area contributed by atoms with Crippen molar-refractivity contribution in [1.82, 2.24) is 30.5 Å². The molecule has 0 saturated heterocycles. The van der Waals surface area contributed by atoms with E-state index in [0.717, 1.165) is 10.4 Å². The Hall–Kier alpha value is -3.89. The molecule has 11 heteroatoms. The number of carbonyl (C=O) groups is 2. The number of anilines is 1. The van der Waals surface area contributed by atoms with Crippen molar-refractivity contribution in [3.63, 3.8) is 0 Å². The molecule has 0 aliphatic rings. The Bertz CT molecular complexity index is 1310. The van der Waals surface area contributed by atoms with Gasteiger partial charge < -0.3 is 10.6 Å². The van der Waals surface area contributed by atoms with E-state index in [9.17, 15) is 9.59 Å². The van der Waals surface area contributed by atoms with E-state index in [1.54, 1.807) is 30.5 Å². The Labute approximate surface area is 204 Å². The minimum atomic E-state index is -0.804. The van der Waals surface area contributed by atoms with Crippen LogP contribution in [-0.2, 0) is 16.0 Å². The lowest BCUT2D eigenvalue weighted by atomic mass is 10.1. The third kappa shape index (κ3) is 6.12. The summed E-state index contributed by atoms with van der Waals surface area (Å²) in [6, 6.07) is 13.8. The Morgan fingerprint density at radius 2 is 2.03 bits per heavy atom. The summed E-state index contributed by atoms with van der Waals surface area (Å²) in [6.07, 6.45) is 6.39. The van der Waals surface area contributed by atoms with Crippen LogP contribution in [0.25, 0.3) is 11.8 Å². The molecular formula is C23H20ClN7O2S. The number of carbonyl (C=O) groups excluding carboxylic acids is 2. The predicted octanol–water partition coefficient (Wildman–Crippen LogP) is 3.46. The fourth-order valence-corrected chi connectivity index (χ4v) is 4.04. The summed E-state index contributed by atoms with van der Waals surface area (Å²) < 4.78 is 1.47. The van der Waals surface area contributed by atoms with Crippen molar-refractivity contribution in [2.75, 3.05) is 5.32 Å². The van der Waals surface area contributed by atoms with Gasteiger partial charge >= 0.3 is 0 Å². The Balaban J connectivity index is 1.52. The molecule has 2 aromatic heterocycles. The average molecular weight is 494 g/mol. The highest BCUT2D eigenvalue weighted by Gasteiger charge is 2.21. The van der Waals surface area contributed by atoms with Gasteiger partial charge in [-0.3, -0.25) is 9.59 Å². The van der Waals surface area contributed by atoms with Crippen molar-refractivity contribution in [3.05, 3.63) is 88.2 Å². The zero-order chi connectivity index (χ0) is 23.9. The van der Waals surface area contributed by atoms with Gasteiger partial charge in [-0.1, -0.05) is 41.9 Å². The first-order valence-corrected chi connectivity index (χ1v) is 11.5. The number of benzene rings is 2. The van der Waals surface area contributed by atoms with Crippen LogP contribution in [0.15, 0.2) is 67.1 Å². The number of nitrogens with zero attached hydrogens (tertiary/aromatic N) is 5.